The van der Waals surface area contributed by atoms with Crippen molar-refractivity contribution in [3.63, 3.8) is 0 Å². The molecule has 0 spiro atoms. The first-order valence-electron chi connectivity index (χ1n) is 3.70. The van der Waals surface area contributed by atoms with E-state index in [-0.39, 0.29) is 0 Å². The Morgan fingerprint density at radius 2 is 2.09 bits per heavy atom. The minimum atomic E-state index is 0.687. The predicted molar refractivity (Wildman–Crippen MR) is 47.5 cm³/mol. The van der Waals surface area contributed by atoms with Gasteiger partial charge in [-0.25, -0.2) is 0 Å². The van der Waals surface area contributed by atoms with Crippen LogP contribution in [-0.4, -0.2) is 6.54 Å². The fraction of sp³-hybridized carbons (Fsp3) is 0.250. The molecule has 0 unspecified atom stereocenters. The van der Waals surface area contributed by atoms with Crippen LogP contribution in [0.15, 0.2) is 12.1 Å². The van der Waals surface area contributed by atoms with Crippen LogP contribution in [0.1, 0.15) is 5.56 Å². The van der Waals surface area contributed by atoms with Crippen LogP contribution < -0.4 is 16.8 Å². The van der Waals surface area contributed by atoms with Crippen LogP contribution in [0.5, 0.6) is 0 Å². The largest absolute Gasteiger partial charge is 0.397 e. The van der Waals surface area contributed by atoms with Crippen molar-refractivity contribution in [2.24, 2.45) is 0 Å². The Morgan fingerprint density at radius 1 is 1.27 bits per heavy atom. The molecule has 0 bridgehead atoms. The van der Waals surface area contributed by atoms with Gasteiger partial charge >= 0.3 is 0 Å². The normalized spacial score (nSPS) is 14.2. The zero-order chi connectivity index (χ0) is 7.84. The van der Waals surface area contributed by atoms with Crippen molar-refractivity contribution in [1.29, 1.82) is 0 Å². The Labute approximate surface area is 65.4 Å². The van der Waals surface area contributed by atoms with Gasteiger partial charge in [0.15, 0.2) is 0 Å². The Balaban J connectivity index is 2.62. The molecule has 0 aliphatic carbocycles. The highest BCUT2D eigenvalue weighted by molar-refractivity contribution is 5.77. The Kier molecular flexibility index (Phi) is 1.18. The van der Waals surface area contributed by atoms with Crippen molar-refractivity contribution in [2.45, 2.75) is 6.42 Å². The van der Waals surface area contributed by atoms with Gasteiger partial charge in [0.1, 0.15) is 0 Å². The lowest BCUT2D eigenvalue weighted by Crippen LogP contribution is -1.97. The molecule has 3 heteroatoms. The Bertz CT molecular complexity index is 294. The van der Waals surface area contributed by atoms with E-state index in [0.717, 1.165) is 24.3 Å². The number of benzene rings is 1. The SMILES string of the molecule is Nc1ccc2c(c1N)CCN2. The van der Waals surface area contributed by atoms with Gasteiger partial charge < -0.3 is 16.8 Å². The van der Waals surface area contributed by atoms with E-state index in [0.29, 0.717) is 5.69 Å². The second-order valence-electron chi connectivity index (χ2n) is 2.77. The highest BCUT2D eigenvalue weighted by Gasteiger charge is 2.13. The van der Waals surface area contributed by atoms with E-state index in [2.05, 4.69) is 5.32 Å². The number of hydrogen-bond donors (Lipinski definition) is 3. The van der Waals surface area contributed by atoms with Crippen molar-refractivity contribution in [3.05, 3.63) is 17.7 Å². The molecule has 0 amide bonds. The quantitative estimate of drug-likeness (QED) is 0.478. The molecule has 0 radical (unpaired) electrons. The van der Waals surface area contributed by atoms with Crippen molar-refractivity contribution in [2.75, 3.05) is 23.3 Å². The van der Waals surface area contributed by atoms with Crippen LogP contribution in [0.4, 0.5) is 17.1 Å². The molecule has 0 saturated heterocycles. The van der Waals surface area contributed by atoms with Crippen LogP contribution in [-0.2, 0) is 6.42 Å². The second-order valence-corrected chi connectivity index (χ2v) is 2.77. The average Bonchev–Trinajstić information content (AvgIpc) is 2.45. The summed E-state index contributed by atoms with van der Waals surface area (Å²) in [6.45, 7) is 0.975. The number of fused-ring (bicyclic) bond motifs is 1. The summed E-state index contributed by atoms with van der Waals surface area (Å²) in [7, 11) is 0. The van der Waals surface area contributed by atoms with Gasteiger partial charge in [0.25, 0.3) is 0 Å². The van der Waals surface area contributed by atoms with E-state index in [9.17, 15) is 0 Å². The molecule has 1 aromatic rings. The first-order chi connectivity index (χ1) is 5.29. The highest BCUT2D eigenvalue weighted by atomic mass is 14.9. The molecule has 5 N–H and O–H groups in total. The molecule has 58 valence electrons. The molecule has 11 heavy (non-hydrogen) atoms. The van der Waals surface area contributed by atoms with Gasteiger partial charge in [-0.1, -0.05) is 0 Å². The summed E-state index contributed by atoms with van der Waals surface area (Å²) in [6, 6.07) is 3.82. The maximum absolute atomic E-state index is 5.77. The second kappa shape index (κ2) is 2.05. The molecule has 2 rings (SSSR count). The Morgan fingerprint density at radius 3 is 2.91 bits per heavy atom. The molecular weight excluding hydrogens is 138 g/mol. The smallest absolute Gasteiger partial charge is 0.0601 e. The number of hydrogen-bond acceptors (Lipinski definition) is 3. The topological polar surface area (TPSA) is 64.1 Å². The zero-order valence-electron chi connectivity index (χ0n) is 6.22. The fourth-order valence-electron chi connectivity index (χ4n) is 1.44. The third-order valence-corrected chi connectivity index (χ3v) is 2.08. The van der Waals surface area contributed by atoms with Gasteiger partial charge in [0.05, 0.1) is 11.4 Å². The Hall–Kier alpha value is -1.38. The lowest BCUT2D eigenvalue weighted by atomic mass is 10.1. The molecular formula is C8H11N3. The molecule has 1 aliphatic rings. The zero-order valence-corrected chi connectivity index (χ0v) is 6.22. The van der Waals surface area contributed by atoms with E-state index in [1.54, 1.807) is 0 Å². The van der Waals surface area contributed by atoms with Crippen LogP contribution in [0.2, 0.25) is 0 Å². The number of nitrogens with one attached hydrogen (secondary N) is 1. The van der Waals surface area contributed by atoms with Gasteiger partial charge in [0, 0.05) is 17.8 Å². The highest BCUT2D eigenvalue weighted by Crippen LogP contribution is 2.31. The van der Waals surface area contributed by atoms with Crippen molar-refractivity contribution in [1.82, 2.24) is 0 Å². The molecule has 1 aromatic carbocycles. The maximum atomic E-state index is 5.77. The molecule has 1 aliphatic heterocycles. The lowest BCUT2D eigenvalue weighted by molar-refractivity contribution is 1.11. The van der Waals surface area contributed by atoms with Gasteiger partial charge in [0.2, 0.25) is 0 Å². The van der Waals surface area contributed by atoms with Crippen LogP contribution in [0.3, 0.4) is 0 Å². The lowest BCUT2D eigenvalue weighted by Gasteiger charge is -2.05. The third-order valence-electron chi connectivity index (χ3n) is 2.08. The third kappa shape index (κ3) is 0.808. The maximum Gasteiger partial charge on any atom is 0.0601 e. The van der Waals surface area contributed by atoms with Crippen molar-refractivity contribution in [3.8, 4) is 0 Å². The minimum Gasteiger partial charge on any atom is -0.397 e. The first-order valence-corrected chi connectivity index (χ1v) is 3.70. The summed E-state index contributed by atoms with van der Waals surface area (Å²) in [5, 5.41) is 3.23. The molecule has 0 atom stereocenters. The van der Waals surface area contributed by atoms with Crippen LogP contribution in [0.25, 0.3) is 0 Å². The minimum absolute atomic E-state index is 0.687. The first kappa shape index (κ1) is 6.34. The molecule has 0 fully saturated rings. The monoisotopic (exact) mass is 149 g/mol. The molecule has 1 heterocycles. The number of nitrogen functional groups attached to an aromatic ring is 2. The van der Waals surface area contributed by atoms with E-state index >= 15 is 0 Å². The van der Waals surface area contributed by atoms with Crippen molar-refractivity contribution >= 4 is 17.1 Å². The average molecular weight is 149 g/mol. The van der Waals surface area contributed by atoms with E-state index < -0.39 is 0 Å². The number of anilines is 3. The van der Waals surface area contributed by atoms with Gasteiger partial charge in [-0.2, -0.15) is 0 Å². The van der Waals surface area contributed by atoms with E-state index in [1.807, 2.05) is 12.1 Å². The van der Waals surface area contributed by atoms with Gasteiger partial charge in [-0.15, -0.1) is 0 Å². The summed E-state index contributed by atoms with van der Waals surface area (Å²) in [5.41, 5.74) is 15.1. The summed E-state index contributed by atoms with van der Waals surface area (Å²) in [5.74, 6) is 0. The van der Waals surface area contributed by atoms with Crippen LogP contribution in [0, 0.1) is 0 Å². The molecule has 0 saturated carbocycles. The van der Waals surface area contributed by atoms with E-state index in [4.69, 9.17) is 11.5 Å². The fourth-order valence-corrected chi connectivity index (χ4v) is 1.44. The van der Waals surface area contributed by atoms with Crippen molar-refractivity contribution < 1.29 is 0 Å². The number of rotatable bonds is 0. The molecule has 0 aromatic heterocycles. The van der Waals surface area contributed by atoms with E-state index in [1.165, 1.54) is 5.56 Å². The number of nitrogens with two attached hydrogens (primary N) is 2. The summed E-state index contributed by atoms with van der Waals surface area (Å²) < 4.78 is 0. The van der Waals surface area contributed by atoms with Gasteiger partial charge in [-0.05, 0) is 18.6 Å². The van der Waals surface area contributed by atoms with Crippen LogP contribution >= 0.6 is 0 Å². The molecule has 3 nitrogen and oxygen atoms in total. The summed E-state index contributed by atoms with van der Waals surface area (Å²) in [6.07, 6.45) is 0.992. The summed E-state index contributed by atoms with van der Waals surface area (Å²) >= 11 is 0. The summed E-state index contributed by atoms with van der Waals surface area (Å²) in [4.78, 5) is 0. The van der Waals surface area contributed by atoms with Gasteiger partial charge in [-0.3, -0.25) is 0 Å². The predicted octanol–water partition coefficient (Wildman–Crippen LogP) is 0.819. The standard InChI is InChI=1S/C8H11N3/c9-6-1-2-7-5(8(6)10)3-4-11-7/h1-2,11H,3-4,9-10H2.